The Bertz CT molecular complexity index is 978. The van der Waals surface area contributed by atoms with Crippen LogP contribution in [0.15, 0.2) is 48.8 Å². The van der Waals surface area contributed by atoms with Crippen LogP contribution < -0.4 is 10.00 Å². The molecule has 181 valence electrons. The Morgan fingerprint density at radius 2 is 1.38 bits per heavy atom. The standard InChI is InChI=1S/C12H8N2.C5H10NO7P.Cu.3H2O/c1-3-9-5-6-10-4-2-8-14-12(10)11(9)13-7-1;7-4(8)1-6(2-5(9)10)3-14(11,12)13;;;;/h1-8H;1-3H2,(H,7,8)(H,9,10)(H2,11,12,13);;3*1H2/q;;+2;;;/p-2. The molecular formula is C17H22CuN3O10P. The maximum Gasteiger partial charge on any atom is 2.00 e. The molecule has 3 aromatic rings. The fourth-order valence-electron chi connectivity index (χ4n) is 2.46. The summed E-state index contributed by atoms with van der Waals surface area (Å²) in [6.07, 6.45) is 2.57. The van der Waals surface area contributed by atoms with E-state index in [-0.39, 0.29) is 33.5 Å². The second-order valence-corrected chi connectivity index (χ2v) is 7.31. The number of nitrogens with zero attached hydrogens (tertiary/aromatic N) is 3. The van der Waals surface area contributed by atoms with E-state index < -0.39 is 38.9 Å². The largest absolute Gasteiger partial charge is 2.00 e. The van der Waals surface area contributed by atoms with Crippen molar-refractivity contribution in [2.45, 2.75) is 0 Å². The Kier molecular flexibility index (Phi) is 16.3. The normalized spacial score (nSPS) is 11.3. The molecule has 1 aromatic carbocycles. The van der Waals surface area contributed by atoms with Gasteiger partial charge in [-0.1, -0.05) is 24.3 Å². The Labute approximate surface area is 192 Å². The van der Waals surface area contributed by atoms with Crippen LogP contribution in [0.4, 0.5) is 0 Å². The molecule has 15 heteroatoms. The molecule has 1 radical (unpaired) electrons. The summed E-state index contributed by atoms with van der Waals surface area (Å²) in [4.78, 5) is 48.1. The second kappa shape index (κ2) is 15.3. The summed E-state index contributed by atoms with van der Waals surface area (Å²) in [6, 6.07) is 12.1. The SMILES string of the molecule is O.O.O.O=C([O-])CN(CC(=O)O)CP(=O)([O-])O.[Cu+2].c1cnc2c(c1)ccc1cccnc12. The Hall–Kier alpha value is -2.51. The van der Waals surface area contributed by atoms with Gasteiger partial charge in [0.25, 0.3) is 0 Å². The van der Waals surface area contributed by atoms with Crippen molar-refractivity contribution in [3.8, 4) is 0 Å². The minimum Gasteiger partial charge on any atom is -0.778 e. The van der Waals surface area contributed by atoms with Crippen LogP contribution in [0, 0.1) is 0 Å². The number of rotatable bonds is 6. The molecule has 1 atom stereocenters. The van der Waals surface area contributed by atoms with Crippen LogP contribution in [0.3, 0.4) is 0 Å². The minimum absolute atomic E-state index is 0. The number of pyridine rings is 2. The molecule has 0 aliphatic heterocycles. The third-order valence-corrected chi connectivity index (χ3v) is 4.19. The van der Waals surface area contributed by atoms with E-state index in [9.17, 15) is 24.2 Å². The van der Waals surface area contributed by atoms with E-state index in [1.807, 2.05) is 12.1 Å². The van der Waals surface area contributed by atoms with Gasteiger partial charge in [0, 0.05) is 29.7 Å². The fraction of sp³-hybridized carbons (Fsp3) is 0.176. The third-order valence-electron chi connectivity index (χ3n) is 3.43. The molecular weight excluding hydrogens is 501 g/mol. The predicted molar refractivity (Wildman–Crippen MR) is 107 cm³/mol. The van der Waals surface area contributed by atoms with Gasteiger partial charge in [-0.3, -0.25) is 19.7 Å². The van der Waals surface area contributed by atoms with E-state index in [4.69, 9.17) is 10.00 Å². The van der Waals surface area contributed by atoms with Crippen molar-refractivity contribution >= 4 is 41.3 Å². The number of benzene rings is 1. The summed E-state index contributed by atoms with van der Waals surface area (Å²) < 4.78 is 10.3. The van der Waals surface area contributed by atoms with E-state index >= 15 is 0 Å². The Morgan fingerprint density at radius 1 is 0.938 bits per heavy atom. The summed E-state index contributed by atoms with van der Waals surface area (Å²) in [5, 5.41) is 20.6. The van der Waals surface area contributed by atoms with Crippen LogP contribution in [0.5, 0.6) is 0 Å². The molecule has 32 heavy (non-hydrogen) atoms. The van der Waals surface area contributed by atoms with Gasteiger partial charge in [0.05, 0.1) is 29.8 Å². The van der Waals surface area contributed by atoms with Crippen LogP contribution in [-0.4, -0.2) is 72.6 Å². The molecule has 13 nitrogen and oxygen atoms in total. The molecule has 2 aromatic heterocycles. The molecule has 0 aliphatic carbocycles. The number of fused-ring (bicyclic) bond motifs is 3. The first-order valence-corrected chi connectivity index (χ1v) is 9.67. The molecule has 0 spiro atoms. The summed E-state index contributed by atoms with van der Waals surface area (Å²) in [5.74, 6) is -3.03. The number of aliphatic carboxylic acids is 2. The van der Waals surface area contributed by atoms with Crippen molar-refractivity contribution in [3.05, 3.63) is 48.8 Å². The third kappa shape index (κ3) is 11.2. The quantitative estimate of drug-likeness (QED) is 0.187. The molecule has 1 unspecified atom stereocenters. The van der Waals surface area contributed by atoms with E-state index in [1.54, 1.807) is 12.4 Å². The molecule has 0 fully saturated rings. The van der Waals surface area contributed by atoms with E-state index in [2.05, 4.69) is 34.2 Å². The van der Waals surface area contributed by atoms with Crippen molar-refractivity contribution in [1.29, 1.82) is 0 Å². The molecule has 2 heterocycles. The van der Waals surface area contributed by atoms with Crippen LogP contribution in [0.25, 0.3) is 21.8 Å². The van der Waals surface area contributed by atoms with Crippen LogP contribution in [-0.2, 0) is 31.2 Å². The topological polar surface area (TPSA) is 261 Å². The zero-order valence-electron chi connectivity index (χ0n) is 16.3. The van der Waals surface area contributed by atoms with Gasteiger partial charge in [-0.15, -0.1) is 0 Å². The van der Waals surface area contributed by atoms with Crippen LogP contribution >= 0.6 is 7.60 Å². The van der Waals surface area contributed by atoms with Crippen molar-refractivity contribution in [1.82, 2.24) is 14.9 Å². The predicted octanol–water partition coefficient (Wildman–Crippen LogP) is -3.07. The monoisotopic (exact) mass is 522 g/mol. The van der Waals surface area contributed by atoms with Gasteiger partial charge in [-0.05, 0) is 12.1 Å². The van der Waals surface area contributed by atoms with Crippen molar-refractivity contribution in [2.24, 2.45) is 0 Å². The fourth-order valence-corrected chi connectivity index (χ4v) is 3.17. The number of hydrogen-bond donors (Lipinski definition) is 2. The van der Waals surface area contributed by atoms with Gasteiger partial charge in [-0.25, -0.2) is 0 Å². The number of carboxylic acids is 2. The van der Waals surface area contributed by atoms with Gasteiger partial charge in [0.15, 0.2) is 0 Å². The van der Waals surface area contributed by atoms with Gasteiger partial charge in [0.2, 0.25) is 0 Å². The summed E-state index contributed by atoms with van der Waals surface area (Å²) in [5.41, 5.74) is 1.95. The number of carbonyl (C=O) groups is 2. The molecule has 0 bridgehead atoms. The Balaban J connectivity index is -0.000000467. The van der Waals surface area contributed by atoms with Crippen LogP contribution in [0.2, 0.25) is 0 Å². The van der Waals surface area contributed by atoms with Gasteiger partial charge in [0.1, 0.15) is 7.60 Å². The summed E-state index contributed by atoms with van der Waals surface area (Å²) in [6.45, 7) is -1.68. The summed E-state index contributed by atoms with van der Waals surface area (Å²) >= 11 is 0. The van der Waals surface area contributed by atoms with Crippen molar-refractivity contribution < 1.29 is 67.7 Å². The first kappa shape index (κ1) is 34.1. The number of carbonyl (C=O) groups excluding carboxylic acids is 1. The minimum atomic E-state index is -4.71. The Morgan fingerprint density at radius 3 is 1.72 bits per heavy atom. The molecule has 0 amide bonds. The van der Waals surface area contributed by atoms with E-state index in [1.165, 1.54) is 0 Å². The first-order chi connectivity index (χ1) is 13.2. The van der Waals surface area contributed by atoms with Gasteiger partial charge < -0.3 is 45.8 Å². The molecule has 0 saturated heterocycles. The molecule has 0 aliphatic rings. The van der Waals surface area contributed by atoms with Crippen molar-refractivity contribution in [2.75, 3.05) is 19.4 Å². The molecule has 8 N–H and O–H groups in total. The van der Waals surface area contributed by atoms with Crippen LogP contribution in [0.1, 0.15) is 0 Å². The smallest absolute Gasteiger partial charge is 0.778 e. The zero-order valence-corrected chi connectivity index (χ0v) is 18.1. The van der Waals surface area contributed by atoms with Gasteiger partial charge >= 0.3 is 23.0 Å². The van der Waals surface area contributed by atoms with Crippen molar-refractivity contribution in [3.63, 3.8) is 0 Å². The van der Waals surface area contributed by atoms with Gasteiger partial charge in [-0.2, -0.15) is 0 Å². The van der Waals surface area contributed by atoms with E-state index in [0.29, 0.717) is 4.90 Å². The number of hydrogen-bond acceptors (Lipinski definition) is 8. The average Bonchev–Trinajstić information content (AvgIpc) is 2.59. The maximum atomic E-state index is 10.3. The van der Waals surface area contributed by atoms with E-state index in [0.717, 1.165) is 21.8 Å². The second-order valence-electron chi connectivity index (χ2n) is 5.75. The number of carboxylic acid groups (broad SMARTS) is 2. The first-order valence-electron chi connectivity index (χ1n) is 7.91. The molecule has 3 rings (SSSR count). The number of aromatic nitrogens is 2. The molecule has 0 saturated carbocycles. The maximum absolute atomic E-state index is 10.3. The summed E-state index contributed by atoms with van der Waals surface area (Å²) in [7, 11) is -4.71. The average molecular weight is 523 g/mol. The zero-order chi connectivity index (χ0) is 20.7.